The Morgan fingerprint density at radius 2 is 2.04 bits per heavy atom. The van der Waals surface area contributed by atoms with E-state index in [1.165, 1.54) is 12.1 Å². The highest BCUT2D eigenvalue weighted by Crippen LogP contribution is 2.26. The monoisotopic (exact) mass is 337 g/mol. The van der Waals surface area contributed by atoms with E-state index in [0.717, 1.165) is 19.3 Å². The minimum atomic E-state index is -3.50. The Morgan fingerprint density at radius 3 is 2.65 bits per heavy atom. The van der Waals surface area contributed by atoms with Gasteiger partial charge in [0.15, 0.2) is 0 Å². The van der Waals surface area contributed by atoms with Crippen molar-refractivity contribution in [2.24, 2.45) is 5.92 Å². The maximum absolute atomic E-state index is 12.7. The Hall–Kier alpha value is -1.66. The molecule has 0 saturated carbocycles. The molecule has 23 heavy (non-hydrogen) atoms. The number of allylic oxidation sites excluding steroid dienone is 2. The van der Waals surface area contributed by atoms with Gasteiger partial charge in [0.05, 0.1) is 11.3 Å². The van der Waals surface area contributed by atoms with Crippen LogP contribution in [0.25, 0.3) is 0 Å². The average molecular weight is 337 g/mol. The summed E-state index contributed by atoms with van der Waals surface area (Å²) in [5.41, 5.74) is 0.598. The number of sulfonamides is 1. The van der Waals surface area contributed by atoms with Crippen molar-refractivity contribution in [3.8, 4) is 0 Å². The standard InChI is InChI=1S/C17H23NO4S/c1-2-3-5-15-6-4-11-18(13-15)23(21,22)16-9-7-14(8-10-16)12-17(19)20/h2-3,7-10,15H,4-6,11-13H2,1H3,(H,19,20)/b3-2+. The number of hydrogen-bond donors (Lipinski definition) is 1. The van der Waals surface area contributed by atoms with Crippen LogP contribution in [0.3, 0.4) is 0 Å². The third-order valence-corrected chi connectivity index (χ3v) is 5.98. The van der Waals surface area contributed by atoms with Crippen molar-refractivity contribution in [1.29, 1.82) is 0 Å². The van der Waals surface area contributed by atoms with Gasteiger partial charge in [0.1, 0.15) is 0 Å². The van der Waals surface area contributed by atoms with E-state index in [1.54, 1.807) is 16.4 Å². The molecule has 1 unspecified atom stereocenters. The predicted molar refractivity (Wildman–Crippen MR) is 88.7 cm³/mol. The fourth-order valence-corrected chi connectivity index (χ4v) is 4.42. The summed E-state index contributed by atoms with van der Waals surface area (Å²) >= 11 is 0. The van der Waals surface area contributed by atoms with Crippen molar-refractivity contribution in [3.05, 3.63) is 42.0 Å². The van der Waals surface area contributed by atoms with Crippen LogP contribution in [0.4, 0.5) is 0 Å². The highest BCUT2D eigenvalue weighted by atomic mass is 32.2. The first-order valence-electron chi connectivity index (χ1n) is 7.85. The molecule has 0 amide bonds. The first kappa shape index (κ1) is 17.7. The fraction of sp³-hybridized carbons (Fsp3) is 0.471. The van der Waals surface area contributed by atoms with E-state index in [9.17, 15) is 13.2 Å². The van der Waals surface area contributed by atoms with Crippen LogP contribution in [-0.4, -0.2) is 36.9 Å². The lowest BCUT2D eigenvalue weighted by Crippen LogP contribution is -2.39. The number of nitrogens with zero attached hydrogens (tertiary/aromatic N) is 1. The Balaban J connectivity index is 2.12. The van der Waals surface area contributed by atoms with Crippen LogP contribution in [0.15, 0.2) is 41.3 Å². The first-order chi connectivity index (χ1) is 10.9. The molecule has 0 bridgehead atoms. The molecule has 126 valence electrons. The quantitative estimate of drug-likeness (QED) is 0.810. The molecule has 1 aromatic rings. The second-order valence-corrected chi connectivity index (χ2v) is 7.83. The molecule has 0 aliphatic carbocycles. The molecule has 1 aliphatic rings. The van der Waals surface area contributed by atoms with Gasteiger partial charge in [-0.3, -0.25) is 4.79 Å². The van der Waals surface area contributed by atoms with Gasteiger partial charge in [0.25, 0.3) is 0 Å². The van der Waals surface area contributed by atoms with Gasteiger partial charge in [-0.2, -0.15) is 4.31 Å². The Morgan fingerprint density at radius 1 is 1.35 bits per heavy atom. The molecule has 6 heteroatoms. The average Bonchev–Trinajstić information content (AvgIpc) is 2.53. The van der Waals surface area contributed by atoms with Crippen molar-refractivity contribution in [2.75, 3.05) is 13.1 Å². The molecule has 0 spiro atoms. The fourth-order valence-electron chi connectivity index (χ4n) is 2.87. The number of rotatable bonds is 6. The summed E-state index contributed by atoms with van der Waals surface area (Å²) in [5.74, 6) is -0.565. The molecule has 1 fully saturated rings. The predicted octanol–water partition coefficient (Wildman–Crippen LogP) is 2.68. The lowest BCUT2D eigenvalue weighted by atomic mass is 9.96. The van der Waals surface area contributed by atoms with Crippen molar-refractivity contribution in [3.63, 3.8) is 0 Å². The van der Waals surface area contributed by atoms with Gasteiger partial charge < -0.3 is 5.11 Å². The summed E-state index contributed by atoms with van der Waals surface area (Å²) in [7, 11) is -3.50. The molecule has 2 rings (SSSR count). The van der Waals surface area contributed by atoms with Gasteiger partial charge in [-0.15, -0.1) is 0 Å². The van der Waals surface area contributed by atoms with Gasteiger partial charge in [0.2, 0.25) is 10.0 Å². The topological polar surface area (TPSA) is 74.7 Å². The molecule has 1 saturated heterocycles. The van der Waals surface area contributed by atoms with Gasteiger partial charge in [-0.05, 0) is 49.8 Å². The Labute approximate surface area is 137 Å². The summed E-state index contributed by atoms with van der Waals surface area (Å²) in [6.45, 7) is 3.06. The largest absolute Gasteiger partial charge is 0.481 e. The van der Waals surface area contributed by atoms with E-state index < -0.39 is 16.0 Å². The van der Waals surface area contributed by atoms with Crippen LogP contribution in [0.1, 0.15) is 31.7 Å². The zero-order chi connectivity index (χ0) is 16.9. The molecular formula is C17H23NO4S. The number of carboxylic acid groups (broad SMARTS) is 1. The number of aliphatic carboxylic acids is 1. The van der Waals surface area contributed by atoms with E-state index >= 15 is 0 Å². The van der Waals surface area contributed by atoms with Gasteiger partial charge in [0, 0.05) is 13.1 Å². The van der Waals surface area contributed by atoms with E-state index in [4.69, 9.17) is 5.11 Å². The number of hydrogen-bond acceptors (Lipinski definition) is 3. The molecule has 1 aromatic carbocycles. The molecule has 1 aliphatic heterocycles. The first-order valence-corrected chi connectivity index (χ1v) is 9.29. The van der Waals surface area contributed by atoms with E-state index in [0.29, 0.717) is 24.6 Å². The second-order valence-electron chi connectivity index (χ2n) is 5.89. The molecule has 1 N–H and O–H groups in total. The second kappa shape index (κ2) is 7.75. The summed E-state index contributed by atoms with van der Waals surface area (Å²) in [4.78, 5) is 10.9. The van der Waals surface area contributed by atoms with E-state index in [1.807, 2.05) is 13.0 Å². The molecule has 1 atom stereocenters. The van der Waals surface area contributed by atoms with Crippen LogP contribution in [0.2, 0.25) is 0 Å². The molecule has 1 heterocycles. The number of piperidine rings is 1. The van der Waals surface area contributed by atoms with Crippen molar-refractivity contribution in [1.82, 2.24) is 4.31 Å². The SMILES string of the molecule is C/C=C/CC1CCCN(S(=O)(=O)c2ccc(CC(=O)O)cc2)C1. The molecule has 0 radical (unpaired) electrons. The van der Waals surface area contributed by atoms with Crippen molar-refractivity contribution in [2.45, 2.75) is 37.5 Å². The maximum Gasteiger partial charge on any atom is 0.307 e. The molecule has 0 aromatic heterocycles. The number of carbonyl (C=O) groups is 1. The highest BCUT2D eigenvalue weighted by molar-refractivity contribution is 7.89. The van der Waals surface area contributed by atoms with Crippen LogP contribution in [0.5, 0.6) is 0 Å². The highest BCUT2D eigenvalue weighted by Gasteiger charge is 2.29. The van der Waals surface area contributed by atoms with E-state index in [-0.39, 0.29) is 11.3 Å². The lowest BCUT2D eigenvalue weighted by Gasteiger charge is -2.31. The van der Waals surface area contributed by atoms with Crippen molar-refractivity contribution < 1.29 is 18.3 Å². The van der Waals surface area contributed by atoms with Crippen LogP contribution in [-0.2, 0) is 21.2 Å². The minimum absolute atomic E-state index is 0.102. The summed E-state index contributed by atoms with van der Waals surface area (Å²) < 4.78 is 27.0. The third-order valence-electron chi connectivity index (χ3n) is 4.10. The van der Waals surface area contributed by atoms with Crippen LogP contribution >= 0.6 is 0 Å². The van der Waals surface area contributed by atoms with Crippen molar-refractivity contribution >= 4 is 16.0 Å². The van der Waals surface area contributed by atoms with Crippen LogP contribution < -0.4 is 0 Å². The maximum atomic E-state index is 12.7. The van der Waals surface area contributed by atoms with Gasteiger partial charge in [-0.25, -0.2) is 8.42 Å². The third kappa shape index (κ3) is 4.65. The van der Waals surface area contributed by atoms with Crippen LogP contribution in [0, 0.1) is 5.92 Å². The Bertz CT molecular complexity index is 664. The van der Waals surface area contributed by atoms with Gasteiger partial charge in [-0.1, -0.05) is 24.3 Å². The zero-order valence-electron chi connectivity index (χ0n) is 13.3. The summed E-state index contributed by atoms with van der Waals surface area (Å²) in [6.07, 6.45) is 6.80. The zero-order valence-corrected chi connectivity index (χ0v) is 14.1. The van der Waals surface area contributed by atoms with E-state index in [2.05, 4.69) is 6.08 Å². The normalized spacial score (nSPS) is 20.0. The summed E-state index contributed by atoms with van der Waals surface area (Å²) in [5, 5.41) is 8.77. The molecule has 5 nitrogen and oxygen atoms in total. The van der Waals surface area contributed by atoms with Gasteiger partial charge >= 0.3 is 5.97 Å². The lowest BCUT2D eigenvalue weighted by molar-refractivity contribution is -0.136. The Kier molecular flexibility index (Phi) is 5.96. The molecular weight excluding hydrogens is 314 g/mol. The number of carboxylic acids is 1. The minimum Gasteiger partial charge on any atom is -0.481 e. The number of benzene rings is 1. The summed E-state index contributed by atoms with van der Waals surface area (Å²) in [6, 6.07) is 6.15. The smallest absolute Gasteiger partial charge is 0.307 e.